The molecule has 152 valence electrons. The summed E-state index contributed by atoms with van der Waals surface area (Å²) in [4.78, 5) is 24.0. The summed E-state index contributed by atoms with van der Waals surface area (Å²) in [6, 6.07) is 3.51. The number of H-pyrrole nitrogens is 1. The van der Waals surface area contributed by atoms with E-state index in [9.17, 15) is 9.59 Å². The van der Waals surface area contributed by atoms with Crippen LogP contribution >= 0.6 is 0 Å². The van der Waals surface area contributed by atoms with Crippen molar-refractivity contribution >= 4 is 17.8 Å². The highest BCUT2D eigenvalue weighted by Crippen LogP contribution is 2.35. The minimum Gasteiger partial charge on any atom is -0.446 e. The van der Waals surface area contributed by atoms with Gasteiger partial charge in [0.2, 0.25) is 0 Å². The zero-order chi connectivity index (χ0) is 20.1. The number of aromatic nitrogens is 4. The van der Waals surface area contributed by atoms with Crippen LogP contribution in [0.3, 0.4) is 0 Å². The van der Waals surface area contributed by atoms with Crippen LogP contribution in [0, 0.1) is 0 Å². The highest BCUT2D eigenvalue weighted by atomic mass is 16.6. The molecule has 1 aliphatic rings. The Balaban J connectivity index is 1.57. The van der Waals surface area contributed by atoms with Gasteiger partial charge < -0.3 is 20.1 Å². The topological polar surface area (TPSA) is 123 Å². The third-order valence-corrected chi connectivity index (χ3v) is 4.71. The summed E-state index contributed by atoms with van der Waals surface area (Å²) in [5, 5.41) is 16.8. The van der Waals surface area contributed by atoms with Crippen molar-refractivity contribution < 1.29 is 19.1 Å². The quantitative estimate of drug-likeness (QED) is 0.664. The van der Waals surface area contributed by atoms with Crippen molar-refractivity contribution in [2.75, 3.05) is 19.0 Å². The number of alkyl carbamates (subject to hydrolysis) is 1. The van der Waals surface area contributed by atoms with Crippen molar-refractivity contribution in [3.63, 3.8) is 0 Å². The molecule has 2 aromatic rings. The van der Waals surface area contributed by atoms with Crippen LogP contribution in [-0.4, -0.2) is 51.7 Å². The number of rotatable bonds is 7. The Morgan fingerprint density at radius 2 is 2.18 bits per heavy atom. The fourth-order valence-corrected chi connectivity index (χ4v) is 3.41. The molecule has 1 saturated carbocycles. The van der Waals surface area contributed by atoms with Crippen LogP contribution in [0.1, 0.15) is 54.0 Å². The second-order valence-corrected chi connectivity index (χ2v) is 6.81. The van der Waals surface area contributed by atoms with E-state index < -0.39 is 0 Å². The first-order valence-electron chi connectivity index (χ1n) is 9.33. The van der Waals surface area contributed by atoms with Crippen LogP contribution in [0.15, 0.2) is 12.1 Å². The van der Waals surface area contributed by atoms with E-state index in [0.29, 0.717) is 30.4 Å². The number of nitrogens with zero attached hydrogens (tertiary/aromatic N) is 3. The lowest BCUT2D eigenvalue weighted by atomic mass is 10.0. The highest BCUT2D eigenvalue weighted by molar-refractivity contribution is 6.02. The van der Waals surface area contributed by atoms with E-state index in [4.69, 9.17) is 9.47 Å². The zero-order valence-electron chi connectivity index (χ0n) is 16.3. The smallest absolute Gasteiger partial charge is 0.407 e. The van der Waals surface area contributed by atoms with Crippen LogP contribution in [0.25, 0.3) is 0 Å². The average Bonchev–Trinajstić information content (AvgIpc) is 3.36. The number of carbonyl (C=O) groups is 2. The molecule has 10 nitrogen and oxygen atoms in total. The van der Waals surface area contributed by atoms with E-state index in [0.717, 1.165) is 25.0 Å². The Bertz CT molecular complexity index is 830. The molecule has 0 saturated heterocycles. The van der Waals surface area contributed by atoms with Gasteiger partial charge in [0.05, 0.1) is 12.3 Å². The molecule has 0 aliphatic heterocycles. The maximum atomic E-state index is 12.5. The molecule has 3 rings (SSSR count). The Hall–Kier alpha value is -2.88. The molecule has 1 fully saturated rings. The number of hydrogen-bond donors (Lipinski definition) is 3. The lowest BCUT2D eigenvalue weighted by Gasteiger charge is -2.12. The molecule has 3 N–H and O–H groups in total. The van der Waals surface area contributed by atoms with Crippen LogP contribution < -0.4 is 10.6 Å². The fraction of sp³-hybridized carbons (Fsp3) is 0.556. The standard InChI is InChI=1S/C18H26N6O4/c1-4-19-18(26)28-13-6-5-11(7-13)14-9-16(22-21-14)20-17(25)15-8-12(10-27-3)23-24(15)2/h8-9,11,13H,4-7,10H2,1-3H3,(H,19,26)(H2,20,21,22,25)/t11-,13+/m0/s1. The van der Waals surface area contributed by atoms with Gasteiger partial charge in [0, 0.05) is 38.4 Å². The van der Waals surface area contributed by atoms with Crippen molar-refractivity contribution in [3.8, 4) is 0 Å². The molecule has 2 atom stereocenters. The summed E-state index contributed by atoms with van der Waals surface area (Å²) in [5.74, 6) is 0.365. The normalized spacial score (nSPS) is 18.8. The van der Waals surface area contributed by atoms with Gasteiger partial charge in [-0.2, -0.15) is 10.2 Å². The van der Waals surface area contributed by atoms with Crippen molar-refractivity contribution in [2.24, 2.45) is 7.05 Å². The SMILES string of the molecule is CCNC(=O)O[C@@H]1CC[C@H](c2cc(NC(=O)c3cc(COC)nn3C)n[nH]2)C1. The Kier molecular flexibility index (Phi) is 6.30. The lowest BCUT2D eigenvalue weighted by Crippen LogP contribution is -2.27. The van der Waals surface area contributed by atoms with Crippen LogP contribution in [0.4, 0.5) is 10.6 Å². The van der Waals surface area contributed by atoms with Crippen molar-refractivity contribution in [2.45, 2.75) is 44.8 Å². The number of nitrogens with one attached hydrogen (secondary N) is 3. The van der Waals surface area contributed by atoms with Gasteiger partial charge in [-0.25, -0.2) is 4.79 Å². The zero-order valence-corrected chi connectivity index (χ0v) is 16.3. The third kappa shape index (κ3) is 4.69. The number of amides is 2. The first-order valence-corrected chi connectivity index (χ1v) is 9.33. The molecule has 2 heterocycles. The number of anilines is 1. The highest BCUT2D eigenvalue weighted by Gasteiger charge is 2.30. The minimum atomic E-state index is -0.380. The number of aryl methyl sites for hydroxylation is 1. The number of aromatic amines is 1. The Morgan fingerprint density at radius 1 is 1.36 bits per heavy atom. The van der Waals surface area contributed by atoms with Crippen LogP contribution in [0.2, 0.25) is 0 Å². The summed E-state index contributed by atoms with van der Waals surface area (Å²) in [6.07, 6.45) is 1.94. The van der Waals surface area contributed by atoms with Gasteiger partial charge in [-0.15, -0.1) is 0 Å². The first-order chi connectivity index (χ1) is 13.5. The van der Waals surface area contributed by atoms with Gasteiger partial charge in [0.25, 0.3) is 5.91 Å². The third-order valence-electron chi connectivity index (χ3n) is 4.71. The average molecular weight is 390 g/mol. The van der Waals surface area contributed by atoms with E-state index in [1.165, 1.54) is 4.68 Å². The van der Waals surface area contributed by atoms with Crippen molar-refractivity contribution in [3.05, 3.63) is 29.2 Å². The second-order valence-electron chi connectivity index (χ2n) is 6.81. The van der Waals surface area contributed by atoms with Crippen LogP contribution in [-0.2, 0) is 23.1 Å². The molecule has 0 spiro atoms. The van der Waals surface area contributed by atoms with Gasteiger partial charge in [-0.1, -0.05) is 0 Å². The predicted molar refractivity (Wildman–Crippen MR) is 101 cm³/mol. The van der Waals surface area contributed by atoms with E-state index in [1.54, 1.807) is 20.2 Å². The number of hydrogen-bond acceptors (Lipinski definition) is 6. The van der Waals surface area contributed by atoms with Gasteiger partial charge >= 0.3 is 6.09 Å². The fourth-order valence-electron chi connectivity index (χ4n) is 3.41. The van der Waals surface area contributed by atoms with Gasteiger partial charge in [-0.3, -0.25) is 14.6 Å². The number of ether oxygens (including phenoxy) is 2. The molecular formula is C18H26N6O4. The molecule has 28 heavy (non-hydrogen) atoms. The van der Waals surface area contributed by atoms with E-state index in [2.05, 4.69) is 25.9 Å². The molecule has 1 aliphatic carbocycles. The summed E-state index contributed by atoms with van der Waals surface area (Å²) < 4.78 is 11.9. The maximum Gasteiger partial charge on any atom is 0.407 e. The van der Waals surface area contributed by atoms with Gasteiger partial charge in [-0.05, 0) is 32.3 Å². The first kappa shape index (κ1) is 19.9. The number of methoxy groups -OCH3 is 1. The summed E-state index contributed by atoms with van der Waals surface area (Å²) in [6.45, 7) is 2.74. The summed E-state index contributed by atoms with van der Waals surface area (Å²) in [7, 11) is 3.28. The lowest BCUT2D eigenvalue weighted by molar-refractivity contribution is 0.1000. The molecule has 2 amide bonds. The second kappa shape index (κ2) is 8.87. The number of carbonyl (C=O) groups excluding carboxylic acids is 2. The van der Waals surface area contributed by atoms with Crippen LogP contribution in [0.5, 0.6) is 0 Å². The summed E-state index contributed by atoms with van der Waals surface area (Å²) in [5.41, 5.74) is 2.03. The monoisotopic (exact) mass is 390 g/mol. The van der Waals surface area contributed by atoms with Gasteiger partial charge in [0.1, 0.15) is 11.8 Å². The van der Waals surface area contributed by atoms with E-state index in [1.807, 2.05) is 13.0 Å². The predicted octanol–water partition coefficient (Wildman–Crippen LogP) is 1.92. The van der Waals surface area contributed by atoms with Crippen molar-refractivity contribution in [1.82, 2.24) is 25.3 Å². The molecule has 0 bridgehead atoms. The largest absolute Gasteiger partial charge is 0.446 e. The minimum absolute atomic E-state index is 0.105. The molecule has 2 aromatic heterocycles. The van der Waals surface area contributed by atoms with E-state index in [-0.39, 0.29) is 24.0 Å². The Morgan fingerprint density at radius 3 is 2.93 bits per heavy atom. The van der Waals surface area contributed by atoms with Gasteiger partial charge in [0.15, 0.2) is 5.82 Å². The van der Waals surface area contributed by atoms with E-state index >= 15 is 0 Å². The summed E-state index contributed by atoms with van der Waals surface area (Å²) >= 11 is 0. The Labute approximate surface area is 163 Å². The molecule has 0 radical (unpaired) electrons. The molecule has 0 unspecified atom stereocenters. The molecular weight excluding hydrogens is 364 g/mol. The van der Waals surface area contributed by atoms with Crippen molar-refractivity contribution in [1.29, 1.82) is 0 Å². The molecule has 0 aromatic carbocycles. The maximum absolute atomic E-state index is 12.5. The molecule has 10 heteroatoms.